The van der Waals surface area contributed by atoms with Crippen LogP contribution >= 0.6 is 0 Å². The van der Waals surface area contributed by atoms with Gasteiger partial charge in [0.2, 0.25) is 10.0 Å². The molecule has 27 heavy (non-hydrogen) atoms. The number of hydrogen-bond donors (Lipinski definition) is 2. The maximum atomic E-state index is 12.9. The summed E-state index contributed by atoms with van der Waals surface area (Å²) < 4.78 is 27.3. The van der Waals surface area contributed by atoms with Crippen molar-refractivity contribution in [3.63, 3.8) is 0 Å². The molecule has 8 heteroatoms. The molecule has 1 amide bonds. The highest BCUT2D eigenvalue weighted by Crippen LogP contribution is 2.20. The topological polar surface area (TPSA) is 83.3 Å². The number of amides is 1. The number of piperidine rings is 1. The molecule has 1 aliphatic heterocycles. The first-order valence-corrected chi connectivity index (χ1v) is 11.1. The van der Waals surface area contributed by atoms with Crippen LogP contribution in [-0.2, 0) is 10.0 Å². The zero-order chi connectivity index (χ0) is 19.4. The summed E-state index contributed by atoms with van der Waals surface area (Å²) >= 11 is 0. The third-order valence-electron chi connectivity index (χ3n) is 5.61. The van der Waals surface area contributed by atoms with Crippen molar-refractivity contribution in [2.75, 3.05) is 27.2 Å². The van der Waals surface area contributed by atoms with Crippen LogP contribution in [0.25, 0.3) is 0 Å². The highest BCUT2D eigenvalue weighted by Gasteiger charge is 2.31. The molecule has 0 aromatic heterocycles. The fourth-order valence-corrected chi connectivity index (χ4v) is 5.10. The summed E-state index contributed by atoms with van der Waals surface area (Å²) in [4.78, 5) is 13.8. The van der Waals surface area contributed by atoms with Gasteiger partial charge in [0.1, 0.15) is 0 Å². The number of nitrogens with zero attached hydrogens (tertiary/aromatic N) is 2. The van der Waals surface area contributed by atoms with Crippen molar-refractivity contribution in [2.45, 2.75) is 49.5 Å². The van der Waals surface area contributed by atoms with Gasteiger partial charge in [-0.2, -0.15) is 9.41 Å². The van der Waals surface area contributed by atoms with Crippen molar-refractivity contribution in [1.82, 2.24) is 9.73 Å². The lowest BCUT2D eigenvalue weighted by molar-refractivity contribution is -0.885. The first-order chi connectivity index (χ1) is 12.9. The lowest BCUT2D eigenvalue weighted by atomic mass is 10.1. The van der Waals surface area contributed by atoms with Crippen molar-refractivity contribution in [3.05, 3.63) is 29.8 Å². The average Bonchev–Trinajstić information content (AvgIpc) is 3.20. The third kappa shape index (κ3) is 4.75. The second-order valence-corrected chi connectivity index (χ2v) is 9.56. The Balaban J connectivity index is 1.66. The summed E-state index contributed by atoms with van der Waals surface area (Å²) in [6.45, 7) is 1.96. The van der Waals surface area contributed by atoms with Crippen LogP contribution in [0.3, 0.4) is 0 Å². The van der Waals surface area contributed by atoms with Gasteiger partial charge >= 0.3 is 0 Å². The molecule has 7 nitrogen and oxygen atoms in total. The van der Waals surface area contributed by atoms with Gasteiger partial charge in [0.25, 0.3) is 5.91 Å². The Bertz CT molecular complexity index is 789. The molecular weight excluding hydrogens is 364 g/mol. The van der Waals surface area contributed by atoms with Gasteiger partial charge in [-0.05, 0) is 49.9 Å². The molecule has 1 aromatic rings. The van der Waals surface area contributed by atoms with Gasteiger partial charge in [0.15, 0.2) is 0 Å². The van der Waals surface area contributed by atoms with Crippen LogP contribution in [0.5, 0.6) is 0 Å². The minimum atomic E-state index is -3.56. The lowest BCUT2D eigenvalue weighted by Crippen LogP contribution is -3.10. The molecule has 1 aliphatic carbocycles. The molecule has 0 bridgehead atoms. The highest BCUT2D eigenvalue weighted by molar-refractivity contribution is 7.89. The largest absolute Gasteiger partial charge is 0.337 e. The SMILES string of the molecule is CN(C1CC[NH+](C)CC1)S(=O)(=O)c1ccc(C(=O)NN=C2CCCC2)cc1. The van der Waals surface area contributed by atoms with E-state index >= 15 is 0 Å². The standard InChI is InChI=1S/C19H28N4O3S/c1-22-13-11-17(12-14-22)23(2)27(25,26)18-9-7-15(8-10-18)19(24)21-20-16-5-3-4-6-16/h7-10,17H,3-6,11-14H2,1-2H3,(H,21,24)/p+1. The number of quaternary nitrogens is 1. The van der Waals surface area contributed by atoms with E-state index in [-0.39, 0.29) is 16.8 Å². The Hall–Kier alpha value is -1.77. The summed E-state index contributed by atoms with van der Waals surface area (Å²) in [6.07, 6.45) is 5.83. The van der Waals surface area contributed by atoms with E-state index < -0.39 is 10.0 Å². The van der Waals surface area contributed by atoms with E-state index in [4.69, 9.17) is 0 Å². The summed E-state index contributed by atoms with van der Waals surface area (Å²) in [5.41, 5.74) is 3.99. The quantitative estimate of drug-likeness (QED) is 0.721. The second kappa shape index (κ2) is 8.50. The summed E-state index contributed by atoms with van der Waals surface area (Å²) in [6, 6.07) is 6.13. The number of hydrazone groups is 1. The minimum Gasteiger partial charge on any atom is -0.337 e. The van der Waals surface area contributed by atoms with Crippen molar-refractivity contribution in [1.29, 1.82) is 0 Å². The molecule has 2 fully saturated rings. The fraction of sp³-hybridized carbons (Fsp3) is 0.579. The van der Waals surface area contributed by atoms with Gasteiger partial charge in [0.05, 0.1) is 25.0 Å². The molecule has 2 aliphatic rings. The highest BCUT2D eigenvalue weighted by atomic mass is 32.2. The van der Waals surface area contributed by atoms with Crippen LogP contribution in [0.4, 0.5) is 0 Å². The monoisotopic (exact) mass is 393 g/mol. The fourth-order valence-electron chi connectivity index (χ4n) is 3.69. The summed E-state index contributed by atoms with van der Waals surface area (Å²) in [7, 11) is 0.224. The van der Waals surface area contributed by atoms with E-state index in [0.29, 0.717) is 5.56 Å². The predicted molar refractivity (Wildman–Crippen MR) is 104 cm³/mol. The summed E-state index contributed by atoms with van der Waals surface area (Å²) in [5, 5.41) is 4.15. The van der Waals surface area contributed by atoms with Crippen LogP contribution < -0.4 is 10.3 Å². The molecule has 0 unspecified atom stereocenters. The molecule has 1 saturated carbocycles. The van der Waals surface area contributed by atoms with Crippen molar-refractivity contribution in [3.8, 4) is 0 Å². The predicted octanol–water partition coefficient (Wildman–Crippen LogP) is 0.644. The molecule has 148 valence electrons. The van der Waals surface area contributed by atoms with E-state index in [0.717, 1.165) is 57.3 Å². The second-order valence-electron chi connectivity index (χ2n) is 7.56. The molecule has 3 rings (SSSR count). The van der Waals surface area contributed by atoms with Crippen LogP contribution in [-0.4, -0.2) is 57.6 Å². The Labute approximate surface area is 161 Å². The smallest absolute Gasteiger partial charge is 0.271 e. The zero-order valence-corrected chi connectivity index (χ0v) is 16.9. The number of rotatable bonds is 5. The Kier molecular flexibility index (Phi) is 6.29. The summed E-state index contributed by atoms with van der Waals surface area (Å²) in [5.74, 6) is -0.315. The van der Waals surface area contributed by atoms with Crippen LogP contribution in [0.1, 0.15) is 48.9 Å². The van der Waals surface area contributed by atoms with E-state index in [1.165, 1.54) is 21.3 Å². The van der Waals surface area contributed by atoms with Gasteiger partial charge in [-0.3, -0.25) is 4.79 Å². The molecular formula is C19H29N4O3S+. The van der Waals surface area contributed by atoms with Crippen molar-refractivity contribution in [2.24, 2.45) is 5.10 Å². The Morgan fingerprint density at radius 3 is 2.33 bits per heavy atom. The van der Waals surface area contributed by atoms with Crippen LogP contribution in [0, 0.1) is 0 Å². The molecule has 2 N–H and O–H groups in total. The number of benzene rings is 1. The maximum absolute atomic E-state index is 12.9. The molecule has 1 saturated heterocycles. The molecule has 1 heterocycles. The van der Waals surface area contributed by atoms with Gasteiger partial charge < -0.3 is 4.90 Å². The van der Waals surface area contributed by atoms with Crippen molar-refractivity contribution < 1.29 is 18.1 Å². The number of carbonyl (C=O) groups excluding carboxylic acids is 1. The Morgan fingerprint density at radius 1 is 1.15 bits per heavy atom. The van der Waals surface area contributed by atoms with E-state index in [9.17, 15) is 13.2 Å². The van der Waals surface area contributed by atoms with E-state index in [1.54, 1.807) is 19.2 Å². The Morgan fingerprint density at radius 2 is 1.74 bits per heavy atom. The number of sulfonamides is 1. The van der Waals surface area contributed by atoms with Gasteiger partial charge in [-0.25, -0.2) is 13.8 Å². The first-order valence-electron chi connectivity index (χ1n) is 9.63. The number of likely N-dealkylation sites (tertiary alicyclic amines) is 1. The molecule has 1 aromatic carbocycles. The molecule has 0 radical (unpaired) electrons. The van der Waals surface area contributed by atoms with Gasteiger partial charge in [0, 0.05) is 37.2 Å². The number of carbonyl (C=O) groups is 1. The lowest BCUT2D eigenvalue weighted by Gasteiger charge is -2.32. The van der Waals surface area contributed by atoms with Crippen LogP contribution in [0.2, 0.25) is 0 Å². The van der Waals surface area contributed by atoms with Gasteiger partial charge in [-0.1, -0.05) is 0 Å². The first kappa shape index (κ1) is 20.0. The van der Waals surface area contributed by atoms with Crippen LogP contribution in [0.15, 0.2) is 34.3 Å². The average molecular weight is 394 g/mol. The maximum Gasteiger partial charge on any atom is 0.271 e. The number of nitrogens with one attached hydrogen (secondary N) is 2. The normalized spacial score (nSPS) is 23.4. The van der Waals surface area contributed by atoms with Crippen molar-refractivity contribution >= 4 is 21.6 Å². The number of hydrogen-bond acceptors (Lipinski definition) is 4. The minimum absolute atomic E-state index is 0.0314. The van der Waals surface area contributed by atoms with E-state index in [2.05, 4.69) is 17.6 Å². The molecule has 0 spiro atoms. The third-order valence-corrected chi connectivity index (χ3v) is 7.54. The van der Waals surface area contributed by atoms with E-state index in [1.807, 2.05) is 0 Å². The zero-order valence-electron chi connectivity index (χ0n) is 16.1. The molecule has 0 atom stereocenters. The van der Waals surface area contributed by atoms with Gasteiger partial charge in [-0.15, -0.1) is 0 Å².